The van der Waals surface area contributed by atoms with E-state index in [9.17, 15) is 0 Å². The smallest absolute Gasteiger partial charge is 0.0619 e. The molecule has 0 aromatic heterocycles. The molecule has 0 saturated carbocycles. The van der Waals surface area contributed by atoms with E-state index in [2.05, 4.69) is 15.9 Å². The van der Waals surface area contributed by atoms with Crippen LogP contribution in [0.3, 0.4) is 0 Å². The number of hydrogen-bond donors (Lipinski definition) is 0. The highest BCUT2D eigenvalue weighted by Gasteiger charge is 2.34. The van der Waals surface area contributed by atoms with Gasteiger partial charge in [0.25, 0.3) is 0 Å². The lowest BCUT2D eigenvalue weighted by Crippen LogP contribution is -2.14. The maximum atomic E-state index is 8.31. The summed E-state index contributed by atoms with van der Waals surface area (Å²) in [6, 6.07) is 3.70. The van der Waals surface area contributed by atoms with Gasteiger partial charge in [0.15, 0.2) is 0 Å². The van der Waals surface area contributed by atoms with Gasteiger partial charge in [0.1, 0.15) is 0 Å². The summed E-state index contributed by atoms with van der Waals surface area (Å²) in [6.45, 7) is 3.85. The average Bonchev–Trinajstić information content (AvgIpc) is 2.61. The Morgan fingerprint density at radius 3 is 2.75 bits per heavy atom. The monoisotopic (exact) mass is 277 g/mol. The molecule has 3 rings (SSSR count). The predicted octanol–water partition coefficient (Wildman–Crippen LogP) is 4.76. The summed E-state index contributed by atoms with van der Waals surface area (Å²) in [5, 5.41) is 0. The molecule has 0 nitrogen and oxygen atoms in total. The first-order valence-electron chi connectivity index (χ1n) is 7.59. The fraction of sp³-hybridized carbons (Fsp3) is 0.200. The number of fused-ring (bicyclic) bond motifs is 3. The van der Waals surface area contributed by atoms with Crippen LogP contribution in [0, 0.1) is 0 Å². The Hall–Kier alpha value is -1.08. The van der Waals surface area contributed by atoms with Gasteiger partial charge in [0, 0.05) is 9.89 Å². The molecular formula is C15H13Br. The molecule has 2 aromatic rings. The molecule has 1 aliphatic rings. The van der Waals surface area contributed by atoms with Crippen molar-refractivity contribution in [3.05, 3.63) is 57.9 Å². The molecule has 0 radical (unpaired) electrons. The molecule has 0 amide bonds. The number of rotatable bonds is 0. The van der Waals surface area contributed by atoms with E-state index in [1.54, 1.807) is 6.07 Å². The molecule has 0 atom stereocenters. The topological polar surface area (TPSA) is 0 Å². The van der Waals surface area contributed by atoms with E-state index < -0.39 is 5.41 Å². The molecule has 0 aliphatic heterocycles. The minimum Gasteiger partial charge on any atom is -0.0619 e. The van der Waals surface area contributed by atoms with Gasteiger partial charge in [-0.25, -0.2) is 0 Å². The van der Waals surface area contributed by atoms with Crippen molar-refractivity contribution in [2.75, 3.05) is 0 Å². The Bertz CT molecular complexity index is 796. The van der Waals surface area contributed by atoms with Gasteiger partial charge in [0.05, 0.1) is 6.85 Å². The molecule has 1 aliphatic carbocycles. The van der Waals surface area contributed by atoms with Crippen LogP contribution in [0.15, 0.2) is 46.8 Å². The summed E-state index contributed by atoms with van der Waals surface area (Å²) < 4.78 is 40.9. The Kier molecular flexibility index (Phi) is 1.21. The van der Waals surface area contributed by atoms with E-state index in [-0.39, 0.29) is 30.2 Å². The Labute approximate surface area is 111 Å². The van der Waals surface area contributed by atoms with Crippen molar-refractivity contribution in [1.82, 2.24) is 0 Å². The SMILES string of the molecule is [2H]c1cc([2H])c2c(c1[2H])-c1cc([2H])c(Br)c([2H])c1C2(C)C. The molecule has 0 saturated heterocycles. The van der Waals surface area contributed by atoms with Gasteiger partial charge in [-0.05, 0) is 34.3 Å². The fourth-order valence-corrected chi connectivity index (χ4v) is 2.59. The van der Waals surface area contributed by atoms with Crippen LogP contribution in [0.2, 0.25) is 0 Å². The highest BCUT2D eigenvalue weighted by atomic mass is 79.9. The van der Waals surface area contributed by atoms with Gasteiger partial charge >= 0.3 is 0 Å². The molecule has 0 N–H and O–H groups in total. The van der Waals surface area contributed by atoms with E-state index in [1.165, 1.54) is 6.07 Å². The van der Waals surface area contributed by atoms with Gasteiger partial charge in [0.2, 0.25) is 0 Å². The Morgan fingerprint density at radius 2 is 1.94 bits per heavy atom. The second-order valence-electron chi connectivity index (χ2n) is 4.45. The van der Waals surface area contributed by atoms with Gasteiger partial charge in [-0.2, -0.15) is 0 Å². The van der Waals surface area contributed by atoms with Crippen LogP contribution in [-0.4, -0.2) is 0 Å². The third-order valence-electron chi connectivity index (χ3n) is 3.10. The molecule has 80 valence electrons. The van der Waals surface area contributed by atoms with Crippen molar-refractivity contribution in [3.8, 4) is 11.1 Å². The standard InChI is InChI=1S/C15H13Br/c1-15(2)13-6-4-3-5-11(13)12-8-7-10(16)9-14(12)15/h3-9H,1-2H3/i3D,5D,6D,7D,9D. The molecule has 0 spiro atoms. The minimum absolute atomic E-state index is 0.00313. The Balaban J connectivity index is 2.55. The summed E-state index contributed by atoms with van der Waals surface area (Å²) in [5.74, 6) is 0. The molecule has 16 heavy (non-hydrogen) atoms. The van der Waals surface area contributed by atoms with Gasteiger partial charge in [-0.3, -0.25) is 0 Å². The summed E-state index contributed by atoms with van der Waals surface area (Å²) in [5.41, 5.74) is 1.97. The highest BCUT2D eigenvalue weighted by Crippen LogP contribution is 2.48. The zero-order valence-corrected chi connectivity index (χ0v) is 10.6. The fourth-order valence-electron chi connectivity index (χ4n) is 2.28. The zero-order chi connectivity index (χ0) is 15.7. The molecule has 0 fully saturated rings. The predicted molar refractivity (Wildman–Crippen MR) is 71.7 cm³/mol. The van der Waals surface area contributed by atoms with E-state index in [0.717, 1.165) is 0 Å². The molecular weight excluding hydrogens is 260 g/mol. The first kappa shape index (κ1) is 6.02. The van der Waals surface area contributed by atoms with Crippen LogP contribution in [0.1, 0.15) is 31.8 Å². The summed E-state index contributed by atoms with van der Waals surface area (Å²) >= 11 is 3.27. The van der Waals surface area contributed by atoms with Gasteiger partial charge in [-0.1, -0.05) is 60.0 Å². The Morgan fingerprint density at radius 1 is 1.12 bits per heavy atom. The van der Waals surface area contributed by atoms with Crippen LogP contribution < -0.4 is 0 Å². The van der Waals surface area contributed by atoms with Crippen molar-refractivity contribution in [2.24, 2.45) is 0 Å². The van der Waals surface area contributed by atoms with E-state index in [4.69, 9.17) is 6.85 Å². The lowest BCUT2D eigenvalue weighted by molar-refractivity contribution is 0.660. The summed E-state index contributed by atoms with van der Waals surface area (Å²) in [7, 11) is 0. The maximum absolute atomic E-state index is 8.31. The van der Waals surface area contributed by atoms with E-state index in [1.807, 2.05) is 13.8 Å². The molecule has 0 unspecified atom stereocenters. The molecule has 2 aromatic carbocycles. The van der Waals surface area contributed by atoms with Gasteiger partial charge < -0.3 is 0 Å². The normalized spacial score (nSPS) is 20.1. The third kappa shape index (κ3) is 1.21. The van der Waals surface area contributed by atoms with Crippen LogP contribution in [0.25, 0.3) is 11.1 Å². The first-order chi connectivity index (χ1) is 9.67. The number of benzene rings is 2. The second kappa shape index (κ2) is 3.21. The highest BCUT2D eigenvalue weighted by molar-refractivity contribution is 9.10. The second-order valence-corrected chi connectivity index (χ2v) is 5.24. The van der Waals surface area contributed by atoms with Crippen molar-refractivity contribution < 1.29 is 6.85 Å². The summed E-state index contributed by atoms with van der Waals surface area (Å²) in [4.78, 5) is 0. The van der Waals surface area contributed by atoms with Crippen LogP contribution in [-0.2, 0) is 5.41 Å². The van der Waals surface area contributed by atoms with E-state index in [0.29, 0.717) is 26.7 Å². The number of hydrogen-bond acceptors (Lipinski definition) is 0. The van der Waals surface area contributed by atoms with Crippen molar-refractivity contribution in [1.29, 1.82) is 0 Å². The molecule has 0 heterocycles. The van der Waals surface area contributed by atoms with Gasteiger partial charge in [-0.15, -0.1) is 0 Å². The van der Waals surface area contributed by atoms with Crippen molar-refractivity contribution >= 4 is 15.9 Å². The van der Waals surface area contributed by atoms with Crippen molar-refractivity contribution in [3.63, 3.8) is 0 Å². The maximum Gasteiger partial charge on any atom is 0.0638 e. The largest absolute Gasteiger partial charge is 0.0638 e. The molecule has 0 bridgehead atoms. The quantitative estimate of drug-likeness (QED) is 0.652. The van der Waals surface area contributed by atoms with Crippen molar-refractivity contribution in [2.45, 2.75) is 19.3 Å². The first-order valence-corrected chi connectivity index (χ1v) is 5.89. The average molecular weight is 278 g/mol. The molecule has 1 heteroatoms. The third-order valence-corrected chi connectivity index (χ3v) is 3.53. The zero-order valence-electron chi connectivity index (χ0n) is 14.0. The summed E-state index contributed by atoms with van der Waals surface area (Å²) in [6.07, 6.45) is 0. The lowest BCUT2D eigenvalue weighted by atomic mass is 9.82. The lowest BCUT2D eigenvalue weighted by Gasteiger charge is -2.21. The van der Waals surface area contributed by atoms with Crippen LogP contribution >= 0.6 is 15.9 Å². The van der Waals surface area contributed by atoms with Crippen LogP contribution in [0.5, 0.6) is 0 Å². The van der Waals surface area contributed by atoms with Crippen LogP contribution in [0.4, 0.5) is 0 Å². The minimum atomic E-state index is -0.585. The van der Waals surface area contributed by atoms with E-state index >= 15 is 0 Å². The number of halogens is 1.